The molecule has 0 atom stereocenters. The number of para-hydroxylation sites is 3. The fourth-order valence-electron chi connectivity index (χ4n) is 7.52. The minimum atomic E-state index is 0.535. The van der Waals surface area contributed by atoms with E-state index in [0.717, 1.165) is 60.5 Å². The molecule has 0 saturated heterocycles. The third-order valence-electron chi connectivity index (χ3n) is 9.53. The van der Waals surface area contributed by atoms with E-state index in [1.54, 1.807) is 0 Å². The molecule has 4 heterocycles. The lowest BCUT2D eigenvalue weighted by molar-refractivity contribution is 0.577. The Kier molecular flexibility index (Phi) is 4.52. The second kappa shape index (κ2) is 8.65. The summed E-state index contributed by atoms with van der Waals surface area (Å²) in [6, 6.07) is 49.6. The van der Waals surface area contributed by atoms with Gasteiger partial charge in [0.2, 0.25) is 0 Å². The lowest BCUT2D eigenvalue weighted by atomic mass is 10.1. The van der Waals surface area contributed by atoms with Crippen molar-refractivity contribution < 1.29 is 8.83 Å². The van der Waals surface area contributed by atoms with Crippen molar-refractivity contribution in [1.82, 2.24) is 14.1 Å². The van der Waals surface area contributed by atoms with Crippen LogP contribution in [-0.2, 0) is 0 Å². The predicted molar refractivity (Wildman–Crippen MR) is 187 cm³/mol. The molecule has 11 aromatic rings. The highest BCUT2D eigenvalue weighted by Crippen LogP contribution is 2.40. The van der Waals surface area contributed by atoms with Gasteiger partial charge in [-0.2, -0.15) is 4.98 Å². The molecule has 5 nitrogen and oxygen atoms in total. The van der Waals surface area contributed by atoms with Crippen LogP contribution < -0.4 is 0 Å². The Balaban J connectivity index is 1.24. The number of furan rings is 1. The van der Waals surface area contributed by atoms with Crippen molar-refractivity contribution >= 4 is 87.4 Å². The molecule has 0 fully saturated rings. The SMILES string of the molecule is c1ccc2cc3c(cc2c1)c1cc(-n2c4ccccc4c4ccccc42)ccc1n3-c1nc2ccc3oc4ccccc4c3c2o1. The van der Waals surface area contributed by atoms with Crippen LogP contribution in [-0.4, -0.2) is 14.1 Å². The molecule has 0 amide bonds. The molecule has 0 saturated carbocycles. The second-order valence-corrected chi connectivity index (χ2v) is 12.0. The number of nitrogens with zero attached hydrogens (tertiary/aromatic N) is 3. The van der Waals surface area contributed by atoms with Gasteiger partial charge in [0.15, 0.2) is 5.58 Å². The summed E-state index contributed by atoms with van der Waals surface area (Å²) in [6.07, 6.45) is 0. The first kappa shape index (κ1) is 24.0. The zero-order valence-corrected chi connectivity index (χ0v) is 24.4. The van der Waals surface area contributed by atoms with E-state index in [4.69, 9.17) is 13.8 Å². The maximum atomic E-state index is 6.72. The van der Waals surface area contributed by atoms with E-state index >= 15 is 0 Å². The highest BCUT2D eigenvalue weighted by atomic mass is 16.4. The third-order valence-corrected chi connectivity index (χ3v) is 9.53. The number of rotatable bonds is 2. The van der Waals surface area contributed by atoms with E-state index in [9.17, 15) is 0 Å². The van der Waals surface area contributed by atoms with Crippen molar-refractivity contribution in [2.45, 2.75) is 0 Å². The topological polar surface area (TPSA) is 49.0 Å². The Morgan fingerprint density at radius 2 is 1.09 bits per heavy atom. The van der Waals surface area contributed by atoms with Gasteiger partial charge in [-0.15, -0.1) is 0 Å². The highest BCUT2D eigenvalue weighted by Gasteiger charge is 2.21. The van der Waals surface area contributed by atoms with Crippen molar-refractivity contribution in [3.8, 4) is 11.7 Å². The largest absolute Gasteiger partial charge is 0.456 e. The molecule has 0 aliphatic rings. The van der Waals surface area contributed by atoms with Crippen LogP contribution in [0.5, 0.6) is 0 Å². The van der Waals surface area contributed by atoms with Gasteiger partial charge in [-0.3, -0.25) is 4.57 Å². The Morgan fingerprint density at radius 1 is 0.435 bits per heavy atom. The average molecular weight is 590 g/mol. The maximum Gasteiger partial charge on any atom is 0.307 e. The lowest BCUT2D eigenvalue weighted by Gasteiger charge is -2.09. The molecule has 0 N–H and O–H groups in total. The van der Waals surface area contributed by atoms with Crippen molar-refractivity contribution in [3.63, 3.8) is 0 Å². The third kappa shape index (κ3) is 3.11. The van der Waals surface area contributed by atoms with Crippen molar-refractivity contribution in [1.29, 1.82) is 0 Å². The number of fused-ring (bicyclic) bond motifs is 12. The summed E-state index contributed by atoms with van der Waals surface area (Å²) in [5.41, 5.74) is 8.73. The van der Waals surface area contributed by atoms with Gasteiger partial charge in [0, 0.05) is 32.6 Å². The van der Waals surface area contributed by atoms with E-state index in [1.165, 1.54) is 32.6 Å². The summed E-state index contributed by atoms with van der Waals surface area (Å²) >= 11 is 0. The zero-order valence-electron chi connectivity index (χ0n) is 24.4. The Labute approximate surface area is 261 Å². The fourth-order valence-corrected chi connectivity index (χ4v) is 7.52. The molecular formula is C41H23N3O2. The molecule has 0 aliphatic heterocycles. The van der Waals surface area contributed by atoms with Gasteiger partial charge in [0.1, 0.15) is 16.7 Å². The quantitative estimate of drug-likeness (QED) is 0.202. The van der Waals surface area contributed by atoms with Gasteiger partial charge >= 0.3 is 6.01 Å². The molecule has 0 radical (unpaired) electrons. The average Bonchev–Trinajstić information content (AvgIpc) is 3.85. The first-order valence-corrected chi connectivity index (χ1v) is 15.5. The number of benzene rings is 7. The molecule has 0 spiro atoms. The fraction of sp³-hybridized carbons (Fsp3) is 0. The number of oxazole rings is 1. The van der Waals surface area contributed by atoms with Crippen molar-refractivity contribution in [2.75, 3.05) is 0 Å². The van der Waals surface area contributed by atoms with Crippen molar-refractivity contribution in [3.05, 3.63) is 140 Å². The smallest absolute Gasteiger partial charge is 0.307 e. The molecule has 11 rings (SSSR count). The van der Waals surface area contributed by atoms with Crippen LogP contribution in [0.2, 0.25) is 0 Å². The van der Waals surface area contributed by atoms with E-state index in [1.807, 2.05) is 30.3 Å². The molecule has 46 heavy (non-hydrogen) atoms. The Morgan fingerprint density at radius 3 is 1.89 bits per heavy atom. The van der Waals surface area contributed by atoms with Crippen LogP contribution in [0.25, 0.3) is 99.1 Å². The summed E-state index contributed by atoms with van der Waals surface area (Å²) in [6.45, 7) is 0. The van der Waals surface area contributed by atoms with Gasteiger partial charge in [0.25, 0.3) is 0 Å². The molecule has 214 valence electrons. The molecule has 0 aliphatic carbocycles. The van der Waals surface area contributed by atoms with Gasteiger partial charge in [-0.1, -0.05) is 78.9 Å². The van der Waals surface area contributed by atoms with Gasteiger partial charge in [-0.05, 0) is 71.4 Å². The number of hydrogen-bond donors (Lipinski definition) is 0. The first-order chi connectivity index (χ1) is 22.8. The van der Waals surface area contributed by atoms with Crippen LogP contribution >= 0.6 is 0 Å². The molecular weight excluding hydrogens is 566 g/mol. The minimum absolute atomic E-state index is 0.535. The van der Waals surface area contributed by atoms with E-state index in [2.05, 4.69) is 118 Å². The monoisotopic (exact) mass is 589 g/mol. The van der Waals surface area contributed by atoms with Crippen molar-refractivity contribution in [2.24, 2.45) is 0 Å². The standard InChI is InChI=1S/C41H23N3O2/c1-2-10-25-22-36-30(21-24(25)9-1)31-23-26(43-33-14-6-3-11-27(33)28-12-4-7-15-34(28)43)17-19-35(31)44(36)41-42-32-18-20-38-39(40(32)46-41)29-13-5-8-16-37(29)45-38/h1-23H. The minimum Gasteiger partial charge on any atom is -0.456 e. The molecule has 4 aromatic heterocycles. The Bertz CT molecular complexity index is 2990. The van der Waals surface area contributed by atoms with Crippen LogP contribution in [0.3, 0.4) is 0 Å². The maximum absolute atomic E-state index is 6.72. The van der Waals surface area contributed by atoms with E-state index in [0.29, 0.717) is 6.01 Å². The van der Waals surface area contributed by atoms with Crippen LogP contribution in [0.4, 0.5) is 0 Å². The second-order valence-electron chi connectivity index (χ2n) is 12.0. The normalized spacial score (nSPS) is 12.3. The molecule has 0 bridgehead atoms. The lowest BCUT2D eigenvalue weighted by Crippen LogP contribution is -1.96. The summed E-state index contributed by atoms with van der Waals surface area (Å²) in [5.74, 6) is 0. The summed E-state index contributed by atoms with van der Waals surface area (Å²) in [4.78, 5) is 5.08. The number of aromatic nitrogens is 3. The predicted octanol–water partition coefficient (Wildman–Crippen LogP) is 11.1. The summed E-state index contributed by atoms with van der Waals surface area (Å²) < 4.78 is 17.4. The Hall–Kier alpha value is -6.33. The van der Waals surface area contributed by atoms with E-state index in [-0.39, 0.29) is 0 Å². The molecule has 7 aromatic carbocycles. The van der Waals surface area contributed by atoms with Crippen LogP contribution in [0, 0.1) is 0 Å². The first-order valence-electron chi connectivity index (χ1n) is 15.5. The van der Waals surface area contributed by atoms with Gasteiger partial charge < -0.3 is 13.4 Å². The van der Waals surface area contributed by atoms with E-state index < -0.39 is 0 Å². The van der Waals surface area contributed by atoms with Crippen LogP contribution in [0.1, 0.15) is 0 Å². The summed E-state index contributed by atoms with van der Waals surface area (Å²) in [7, 11) is 0. The van der Waals surface area contributed by atoms with Gasteiger partial charge in [0.05, 0.1) is 27.5 Å². The van der Waals surface area contributed by atoms with Gasteiger partial charge in [-0.25, -0.2) is 0 Å². The van der Waals surface area contributed by atoms with Crippen LogP contribution in [0.15, 0.2) is 148 Å². The highest BCUT2D eigenvalue weighted by molar-refractivity contribution is 6.17. The number of hydrogen-bond acceptors (Lipinski definition) is 3. The molecule has 5 heteroatoms. The molecule has 0 unspecified atom stereocenters. The summed E-state index contributed by atoms with van der Waals surface area (Å²) in [5, 5.41) is 9.12. The zero-order chi connectivity index (χ0) is 29.9.